The molecule has 1 saturated carbocycles. The van der Waals surface area contributed by atoms with Gasteiger partial charge in [0.25, 0.3) is 0 Å². The van der Waals surface area contributed by atoms with E-state index in [4.69, 9.17) is 22.1 Å². The number of methoxy groups -OCH3 is 1. The number of hydrogen-bond donors (Lipinski definition) is 2. The summed E-state index contributed by atoms with van der Waals surface area (Å²) in [5.41, 5.74) is 7.20. The first-order valence-electron chi connectivity index (χ1n) is 6.50. The number of carbonyl (C=O) groups excluding carboxylic acids is 1. The van der Waals surface area contributed by atoms with Crippen LogP contribution in [0.4, 0.5) is 5.69 Å². The van der Waals surface area contributed by atoms with E-state index in [0.29, 0.717) is 16.6 Å². The lowest BCUT2D eigenvalue weighted by molar-refractivity contribution is 0.0602. The highest BCUT2D eigenvalue weighted by atomic mass is 35.5. The second-order valence-electron chi connectivity index (χ2n) is 4.95. The van der Waals surface area contributed by atoms with Crippen LogP contribution < -0.4 is 11.1 Å². The molecule has 0 saturated heterocycles. The molecular formula is C14H19ClN2O2. The summed E-state index contributed by atoms with van der Waals surface area (Å²) in [7, 11) is 1.36. The molecule has 0 spiro atoms. The standard InChI is InChI=1S/C14H19ClN2O2/c1-19-14(18)12-7-9(15)5-6-13(12)17-11-4-2-3-10(16)8-11/h5-7,10-11,17H,2-4,8,16H2,1H3. The molecule has 1 aromatic carbocycles. The number of anilines is 1. The van der Waals surface area contributed by atoms with Gasteiger partial charge in [-0.05, 0) is 43.9 Å². The minimum absolute atomic E-state index is 0.236. The fraction of sp³-hybridized carbons (Fsp3) is 0.500. The summed E-state index contributed by atoms with van der Waals surface area (Å²) in [6.07, 6.45) is 4.17. The zero-order valence-corrected chi connectivity index (χ0v) is 11.7. The summed E-state index contributed by atoms with van der Waals surface area (Å²) >= 11 is 5.93. The van der Waals surface area contributed by atoms with Gasteiger partial charge in [0.05, 0.1) is 12.7 Å². The van der Waals surface area contributed by atoms with Crippen molar-refractivity contribution in [2.24, 2.45) is 5.73 Å². The Labute approximate surface area is 118 Å². The number of benzene rings is 1. The van der Waals surface area contributed by atoms with Gasteiger partial charge in [-0.3, -0.25) is 0 Å². The van der Waals surface area contributed by atoms with Crippen molar-refractivity contribution in [3.05, 3.63) is 28.8 Å². The van der Waals surface area contributed by atoms with Gasteiger partial charge in [0, 0.05) is 22.8 Å². The molecule has 5 heteroatoms. The predicted octanol–water partition coefficient (Wildman–Crippen LogP) is 2.81. The fourth-order valence-corrected chi connectivity index (χ4v) is 2.67. The van der Waals surface area contributed by atoms with Gasteiger partial charge in [-0.25, -0.2) is 4.79 Å². The van der Waals surface area contributed by atoms with Crippen LogP contribution in [0.2, 0.25) is 5.02 Å². The molecule has 2 unspecified atom stereocenters. The molecule has 0 aromatic heterocycles. The molecule has 1 aliphatic rings. The van der Waals surface area contributed by atoms with Crippen LogP contribution in [0.1, 0.15) is 36.0 Å². The third-order valence-electron chi connectivity index (χ3n) is 3.46. The van der Waals surface area contributed by atoms with Crippen LogP contribution in [0.3, 0.4) is 0 Å². The van der Waals surface area contributed by atoms with Gasteiger partial charge >= 0.3 is 5.97 Å². The second-order valence-corrected chi connectivity index (χ2v) is 5.39. The molecule has 4 nitrogen and oxygen atoms in total. The molecule has 1 aliphatic carbocycles. The molecule has 2 atom stereocenters. The van der Waals surface area contributed by atoms with Gasteiger partial charge in [0.15, 0.2) is 0 Å². The molecule has 0 aliphatic heterocycles. The van der Waals surface area contributed by atoms with E-state index in [-0.39, 0.29) is 12.0 Å². The number of hydrogen-bond acceptors (Lipinski definition) is 4. The number of rotatable bonds is 3. The normalized spacial score (nSPS) is 22.9. The largest absolute Gasteiger partial charge is 0.465 e. The summed E-state index contributed by atoms with van der Waals surface area (Å²) in [4.78, 5) is 11.7. The first kappa shape index (κ1) is 14.2. The van der Waals surface area contributed by atoms with Crippen molar-refractivity contribution in [3.63, 3.8) is 0 Å². The van der Waals surface area contributed by atoms with E-state index >= 15 is 0 Å². The van der Waals surface area contributed by atoms with E-state index in [1.807, 2.05) is 6.07 Å². The highest BCUT2D eigenvalue weighted by Gasteiger charge is 2.21. The van der Waals surface area contributed by atoms with Gasteiger partial charge in [0.2, 0.25) is 0 Å². The molecular weight excluding hydrogens is 264 g/mol. The van der Waals surface area contributed by atoms with Crippen molar-refractivity contribution in [2.45, 2.75) is 37.8 Å². The maximum Gasteiger partial charge on any atom is 0.340 e. The lowest BCUT2D eigenvalue weighted by atomic mass is 9.91. The molecule has 19 heavy (non-hydrogen) atoms. The van der Waals surface area contributed by atoms with Crippen molar-refractivity contribution < 1.29 is 9.53 Å². The zero-order valence-electron chi connectivity index (χ0n) is 11.0. The Hall–Kier alpha value is -1.26. The third kappa shape index (κ3) is 3.61. The van der Waals surface area contributed by atoms with E-state index in [0.717, 1.165) is 31.4 Å². The van der Waals surface area contributed by atoms with Crippen LogP contribution in [-0.2, 0) is 4.74 Å². The monoisotopic (exact) mass is 282 g/mol. The lowest BCUT2D eigenvalue weighted by Crippen LogP contribution is -2.35. The van der Waals surface area contributed by atoms with Crippen molar-refractivity contribution in [3.8, 4) is 0 Å². The maximum atomic E-state index is 11.7. The van der Waals surface area contributed by atoms with Crippen LogP contribution in [0.15, 0.2) is 18.2 Å². The number of halogens is 1. The van der Waals surface area contributed by atoms with E-state index in [9.17, 15) is 4.79 Å². The average Bonchev–Trinajstić information content (AvgIpc) is 2.40. The highest BCUT2D eigenvalue weighted by molar-refractivity contribution is 6.31. The molecule has 0 heterocycles. The Morgan fingerprint density at radius 1 is 1.47 bits per heavy atom. The van der Waals surface area contributed by atoms with Gasteiger partial charge in [-0.1, -0.05) is 11.6 Å². The fourth-order valence-electron chi connectivity index (χ4n) is 2.50. The highest BCUT2D eigenvalue weighted by Crippen LogP contribution is 2.26. The molecule has 104 valence electrons. The Balaban J connectivity index is 2.17. The summed E-state index contributed by atoms with van der Waals surface area (Å²) in [6, 6.07) is 5.74. The quantitative estimate of drug-likeness (QED) is 0.837. The Morgan fingerprint density at radius 2 is 2.26 bits per heavy atom. The molecule has 1 fully saturated rings. The van der Waals surface area contributed by atoms with Crippen LogP contribution in [-0.4, -0.2) is 25.2 Å². The smallest absolute Gasteiger partial charge is 0.340 e. The average molecular weight is 283 g/mol. The summed E-state index contributed by atoms with van der Waals surface area (Å²) < 4.78 is 4.78. The molecule has 2 rings (SSSR count). The van der Waals surface area contributed by atoms with Crippen LogP contribution in [0.5, 0.6) is 0 Å². The van der Waals surface area contributed by atoms with Crippen molar-refractivity contribution >= 4 is 23.3 Å². The molecule has 0 amide bonds. The van der Waals surface area contributed by atoms with Gasteiger partial charge in [-0.2, -0.15) is 0 Å². The van der Waals surface area contributed by atoms with Gasteiger partial charge in [0.1, 0.15) is 0 Å². The minimum atomic E-state index is -0.384. The van der Waals surface area contributed by atoms with Gasteiger partial charge < -0.3 is 15.8 Å². The minimum Gasteiger partial charge on any atom is -0.465 e. The van der Waals surface area contributed by atoms with E-state index in [2.05, 4.69) is 5.32 Å². The van der Waals surface area contributed by atoms with E-state index < -0.39 is 0 Å². The predicted molar refractivity (Wildman–Crippen MR) is 76.6 cm³/mol. The Morgan fingerprint density at radius 3 is 2.95 bits per heavy atom. The Kier molecular flexibility index (Phi) is 4.66. The molecule has 0 bridgehead atoms. The van der Waals surface area contributed by atoms with Crippen LogP contribution in [0, 0.1) is 0 Å². The van der Waals surface area contributed by atoms with Crippen LogP contribution in [0.25, 0.3) is 0 Å². The Bertz CT molecular complexity index is 465. The summed E-state index contributed by atoms with van der Waals surface area (Å²) in [5, 5.41) is 3.90. The number of nitrogens with one attached hydrogen (secondary N) is 1. The molecule has 3 N–H and O–H groups in total. The van der Waals surface area contributed by atoms with E-state index in [1.165, 1.54) is 7.11 Å². The zero-order chi connectivity index (χ0) is 13.8. The topological polar surface area (TPSA) is 64.3 Å². The lowest BCUT2D eigenvalue weighted by Gasteiger charge is -2.28. The van der Waals surface area contributed by atoms with Crippen molar-refractivity contribution in [1.82, 2.24) is 0 Å². The maximum absolute atomic E-state index is 11.7. The molecule has 1 aromatic rings. The van der Waals surface area contributed by atoms with E-state index in [1.54, 1.807) is 12.1 Å². The van der Waals surface area contributed by atoms with Crippen LogP contribution >= 0.6 is 11.6 Å². The second kappa shape index (κ2) is 6.26. The summed E-state index contributed by atoms with van der Waals surface area (Å²) in [5.74, 6) is -0.384. The number of carbonyl (C=O) groups is 1. The number of nitrogens with two attached hydrogens (primary N) is 1. The van der Waals surface area contributed by atoms with Crippen molar-refractivity contribution in [2.75, 3.05) is 12.4 Å². The number of esters is 1. The third-order valence-corrected chi connectivity index (χ3v) is 3.70. The van der Waals surface area contributed by atoms with Gasteiger partial charge in [-0.15, -0.1) is 0 Å². The number of ether oxygens (including phenoxy) is 1. The first-order chi connectivity index (χ1) is 9.10. The molecule has 0 radical (unpaired) electrons. The SMILES string of the molecule is COC(=O)c1cc(Cl)ccc1NC1CCCC(N)C1. The van der Waals surface area contributed by atoms with Crippen molar-refractivity contribution in [1.29, 1.82) is 0 Å². The summed E-state index contributed by atoms with van der Waals surface area (Å²) in [6.45, 7) is 0. The first-order valence-corrected chi connectivity index (χ1v) is 6.88.